The van der Waals surface area contributed by atoms with Crippen LogP contribution in [0.3, 0.4) is 0 Å². The first-order chi connectivity index (χ1) is 11.2. The molecule has 7 heteroatoms. The van der Waals surface area contributed by atoms with Crippen molar-refractivity contribution in [2.75, 3.05) is 38.2 Å². The quantitative estimate of drug-likeness (QED) is 0.835. The van der Waals surface area contributed by atoms with Crippen LogP contribution in [0.5, 0.6) is 5.75 Å². The highest BCUT2D eigenvalue weighted by atomic mass is 16.6. The lowest BCUT2D eigenvalue weighted by Gasteiger charge is -2.36. The number of ether oxygens (including phenoxy) is 2. The van der Waals surface area contributed by atoms with Gasteiger partial charge in [-0.15, -0.1) is 0 Å². The minimum Gasteiger partial charge on any atom is -0.507 e. The topological polar surface area (TPSA) is 79.3 Å². The van der Waals surface area contributed by atoms with E-state index in [9.17, 15) is 14.7 Å². The van der Waals surface area contributed by atoms with Crippen LogP contribution in [0.15, 0.2) is 18.2 Å². The fourth-order valence-corrected chi connectivity index (χ4v) is 2.47. The van der Waals surface area contributed by atoms with Crippen LogP contribution < -0.4 is 4.90 Å². The second-order valence-electron chi connectivity index (χ2n) is 6.65. The summed E-state index contributed by atoms with van der Waals surface area (Å²) in [5.74, 6) is -0.692. The van der Waals surface area contributed by atoms with Crippen LogP contribution in [0.2, 0.25) is 0 Å². The summed E-state index contributed by atoms with van der Waals surface area (Å²) < 4.78 is 9.98. The fourth-order valence-electron chi connectivity index (χ4n) is 2.47. The van der Waals surface area contributed by atoms with Gasteiger partial charge in [-0.05, 0) is 32.9 Å². The first kappa shape index (κ1) is 17.9. The maximum absolute atomic E-state index is 12.1. The Morgan fingerprint density at radius 1 is 1.12 bits per heavy atom. The number of esters is 1. The number of anilines is 1. The van der Waals surface area contributed by atoms with E-state index in [1.165, 1.54) is 19.2 Å². The molecule has 0 radical (unpaired) electrons. The van der Waals surface area contributed by atoms with Crippen molar-refractivity contribution in [3.8, 4) is 5.75 Å². The van der Waals surface area contributed by atoms with Gasteiger partial charge in [-0.25, -0.2) is 9.59 Å². The van der Waals surface area contributed by atoms with E-state index in [0.29, 0.717) is 26.2 Å². The van der Waals surface area contributed by atoms with Crippen LogP contribution in [0, 0.1) is 0 Å². The van der Waals surface area contributed by atoms with Crippen LogP contribution >= 0.6 is 0 Å². The molecule has 7 nitrogen and oxygen atoms in total. The van der Waals surface area contributed by atoms with Gasteiger partial charge in [0, 0.05) is 37.9 Å². The van der Waals surface area contributed by atoms with Crippen LogP contribution in [-0.2, 0) is 9.47 Å². The summed E-state index contributed by atoms with van der Waals surface area (Å²) in [7, 11) is 1.27. The van der Waals surface area contributed by atoms with Crippen molar-refractivity contribution in [2.45, 2.75) is 26.4 Å². The van der Waals surface area contributed by atoms with Crippen LogP contribution in [0.25, 0.3) is 0 Å². The summed E-state index contributed by atoms with van der Waals surface area (Å²) in [5, 5.41) is 9.98. The van der Waals surface area contributed by atoms with E-state index < -0.39 is 11.6 Å². The molecule has 1 fully saturated rings. The van der Waals surface area contributed by atoms with Crippen molar-refractivity contribution in [3.63, 3.8) is 0 Å². The normalized spacial score (nSPS) is 15.2. The van der Waals surface area contributed by atoms with Gasteiger partial charge in [0.25, 0.3) is 0 Å². The third-order valence-electron chi connectivity index (χ3n) is 3.68. The van der Waals surface area contributed by atoms with Crippen molar-refractivity contribution in [2.24, 2.45) is 0 Å². The predicted octanol–water partition coefficient (Wildman–Crippen LogP) is 2.24. The molecule has 0 aromatic heterocycles. The van der Waals surface area contributed by atoms with Crippen molar-refractivity contribution in [3.05, 3.63) is 23.8 Å². The number of carbonyl (C=O) groups excluding carboxylic acids is 2. The van der Waals surface area contributed by atoms with E-state index in [0.717, 1.165) is 5.69 Å². The minimum absolute atomic E-state index is 0.117. The van der Waals surface area contributed by atoms with Gasteiger partial charge in [0.1, 0.15) is 16.9 Å². The number of aromatic hydroxyl groups is 1. The number of rotatable bonds is 2. The molecule has 0 bridgehead atoms. The Morgan fingerprint density at radius 2 is 1.75 bits per heavy atom. The maximum atomic E-state index is 12.1. The lowest BCUT2D eigenvalue weighted by Crippen LogP contribution is -2.50. The Balaban J connectivity index is 1.98. The number of benzene rings is 1. The van der Waals surface area contributed by atoms with Gasteiger partial charge in [-0.3, -0.25) is 0 Å². The Morgan fingerprint density at radius 3 is 2.25 bits per heavy atom. The monoisotopic (exact) mass is 336 g/mol. The van der Waals surface area contributed by atoms with Crippen LogP contribution in [-0.4, -0.2) is 61.0 Å². The number of phenolic OH excluding ortho intramolecular Hbond substituents is 1. The fraction of sp³-hybridized carbons (Fsp3) is 0.529. The average Bonchev–Trinajstić information content (AvgIpc) is 2.52. The molecule has 1 amide bonds. The second-order valence-corrected chi connectivity index (χ2v) is 6.65. The predicted molar refractivity (Wildman–Crippen MR) is 89.5 cm³/mol. The third kappa shape index (κ3) is 4.31. The highest BCUT2D eigenvalue weighted by Gasteiger charge is 2.26. The highest BCUT2D eigenvalue weighted by molar-refractivity contribution is 5.93. The van der Waals surface area contributed by atoms with E-state index >= 15 is 0 Å². The lowest BCUT2D eigenvalue weighted by molar-refractivity contribution is 0.0240. The number of phenols is 1. The SMILES string of the molecule is COC(=O)c1ccc(N2CCN(C(=O)OC(C)(C)C)CC2)cc1O. The molecule has 1 aliphatic heterocycles. The van der Waals surface area contributed by atoms with Crippen LogP contribution in [0.1, 0.15) is 31.1 Å². The Hall–Kier alpha value is -2.44. The third-order valence-corrected chi connectivity index (χ3v) is 3.68. The molecular weight excluding hydrogens is 312 g/mol. The molecule has 0 unspecified atom stereocenters. The first-order valence-electron chi connectivity index (χ1n) is 7.85. The molecule has 1 aromatic carbocycles. The summed E-state index contributed by atoms with van der Waals surface area (Å²) in [5.41, 5.74) is 0.418. The average molecular weight is 336 g/mol. The Labute approximate surface area is 141 Å². The van der Waals surface area contributed by atoms with E-state index in [1.807, 2.05) is 25.7 Å². The number of hydrogen-bond donors (Lipinski definition) is 1. The molecule has 0 saturated carbocycles. The molecule has 2 rings (SSSR count). The highest BCUT2D eigenvalue weighted by Crippen LogP contribution is 2.26. The molecule has 0 aliphatic carbocycles. The Kier molecular flexibility index (Phi) is 5.21. The zero-order chi connectivity index (χ0) is 17.9. The molecule has 132 valence electrons. The molecule has 0 spiro atoms. The van der Waals surface area contributed by atoms with E-state index in [2.05, 4.69) is 4.74 Å². The van der Waals surface area contributed by atoms with Gasteiger partial charge >= 0.3 is 12.1 Å². The van der Waals surface area contributed by atoms with E-state index in [4.69, 9.17) is 4.74 Å². The first-order valence-corrected chi connectivity index (χ1v) is 7.85. The Bertz CT molecular complexity index is 616. The lowest BCUT2D eigenvalue weighted by atomic mass is 10.1. The van der Waals surface area contributed by atoms with Crippen molar-refractivity contribution < 1.29 is 24.2 Å². The number of carbonyl (C=O) groups is 2. The van der Waals surface area contributed by atoms with Crippen molar-refractivity contribution in [1.29, 1.82) is 0 Å². The summed E-state index contributed by atoms with van der Waals surface area (Å²) in [6.07, 6.45) is -0.314. The molecule has 1 aliphatic rings. The van der Waals surface area contributed by atoms with Gasteiger partial charge in [0.2, 0.25) is 0 Å². The smallest absolute Gasteiger partial charge is 0.410 e. The summed E-state index contributed by atoms with van der Waals surface area (Å²) in [4.78, 5) is 27.3. The van der Waals surface area contributed by atoms with Crippen molar-refractivity contribution in [1.82, 2.24) is 4.90 Å². The van der Waals surface area contributed by atoms with Gasteiger partial charge in [-0.1, -0.05) is 0 Å². The van der Waals surface area contributed by atoms with Gasteiger partial charge in [-0.2, -0.15) is 0 Å². The zero-order valence-electron chi connectivity index (χ0n) is 14.5. The molecule has 24 heavy (non-hydrogen) atoms. The maximum Gasteiger partial charge on any atom is 0.410 e. The van der Waals surface area contributed by atoms with Crippen molar-refractivity contribution >= 4 is 17.7 Å². The standard InChI is InChI=1S/C17H24N2O5/c1-17(2,3)24-16(22)19-9-7-18(8-10-19)12-5-6-13(14(20)11-12)15(21)23-4/h5-6,11,20H,7-10H2,1-4H3. The molecule has 1 saturated heterocycles. The molecule has 0 atom stereocenters. The largest absolute Gasteiger partial charge is 0.507 e. The number of nitrogens with zero attached hydrogens (tertiary/aromatic N) is 2. The van der Waals surface area contributed by atoms with Gasteiger partial charge in [0.05, 0.1) is 7.11 Å². The summed E-state index contributed by atoms with van der Waals surface area (Å²) in [6.45, 7) is 7.84. The second kappa shape index (κ2) is 6.98. The number of hydrogen-bond acceptors (Lipinski definition) is 6. The molecule has 1 heterocycles. The molecule has 1 N–H and O–H groups in total. The van der Waals surface area contributed by atoms with E-state index in [-0.39, 0.29) is 17.4 Å². The van der Waals surface area contributed by atoms with Gasteiger partial charge in [0.15, 0.2) is 0 Å². The molecule has 1 aromatic rings. The van der Waals surface area contributed by atoms with E-state index in [1.54, 1.807) is 11.0 Å². The minimum atomic E-state index is -0.575. The summed E-state index contributed by atoms with van der Waals surface area (Å²) >= 11 is 0. The zero-order valence-corrected chi connectivity index (χ0v) is 14.5. The van der Waals surface area contributed by atoms with Crippen LogP contribution in [0.4, 0.5) is 10.5 Å². The number of methoxy groups -OCH3 is 1. The number of amides is 1. The summed E-state index contributed by atoms with van der Waals surface area (Å²) in [6, 6.07) is 4.83. The molecular formula is C17H24N2O5. The van der Waals surface area contributed by atoms with Gasteiger partial charge < -0.3 is 24.4 Å². The number of piperazine rings is 1.